The summed E-state index contributed by atoms with van der Waals surface area (Å²) < 4.78 is 11.5. The Morgan fingerprint density at radius 2 is 2.03 bits per heavy atom. The summed E-state index contributed by atoms with van der Waals surface area (Å²) in [4.78, 5) is 37.4. The van der Waals surface area contributed by atoms with Gasteiger partial charge in [0, 0.05) is 11.4 Å². The summed E-state index contributed by atoms with van der Waals surface area (Å²) in [5.74, 6) is -1.64. The van der Waals surface area contributed by atoms with Crippen molar-refractivity contribution in [3.63, 3.8) is 0 Å². The minimum atomic E-state index is -0.602. The molecule has 0 saturated heterocycles. The number of rotatable bonds is 6. The first-order chi connectivity index (χ1) is 15.1. The van der Waals surface area contributed by atoms with Crippen molar-refractivity contribution in [2.75, 3.05) is 11.9 Å². The lowest BCUT2D eigenvalue weighted by Gasteiger charge is -2.06. The van der Waals surface area contributed by atoms with Crippen molar-refractivity contribution >= 4 is 39.3 Å². The first-order valence-electron chi connectivity index (χ1n) is 10.2. The second kappa shape index (κ2) is 9.18. The molecular weight excluding hydrogens is 418 g/mol. The maximum atomic E-state index is 12.3. The van der Waals surface area contributed by atoms with Gasteiger partial charge in [-0.1, -0.05) is 18.6 Å². The molecule has 0 bridgehead atoms. The molecule has 1 N–H and O–H groups in total. The number of aryl methyl sites for hydroxylation is 2. The van der Waals surface area contributed by atoms with Gasteiger partial charge in [0.05, 0.1) is 17.5 Å². The van der Waals surface area contributed by atoms with E-state index in [1.165, 1.54) is 15.9 Å². The van der Waals surface area contributed by atoms with Crippen molar-refractivity contribution in [1.29, 1.82) is 5.26 Å². The van der Waals surface area contributed by atoms with Crippen LogP contribution in [0.1, 0.15) is 41.7 Å². The Morgan fingerprint density at radius 3 is 2.87 bits per heavy atom. The second-order valence-electron chi connectivity index (χ2n) is 7.33. The highest BCUT2D eigenvalue weighted by molar-refractivity contribution is 7.16. The van der Waals surface area contributed by atoms with Crippen LogP contribution in [0, 0.1) is 11.3 Å². The van der Waals surface area contributed by atoms with Crippen LogP contribution in [-0.4, -0.2) is 23.1 Å². The Labute approximate surface area is 182 Å². The Morgan fingerprint density at radius 1 is 1.23 bits per heavy atom. The molecule has 3 aromatic rings. The first kappa shape index (κ1) is 20.9. The van der Waals surface area contributed by atoms with E-state index in [1.807, 2.05) is 0 Å². The smallest absolute Gasteiger partial charge is 0.419 e. The molecule has 1 aliphatic carbocycles. The molecule has 2 aromatic heterocycles. The van der Waals surface area contributed by atoms with Crippen LogP contribution in [0.3, 0.4) is 0 Å². The van der Waals surface area contributed by atoms with Gasteiger partial charge in [-0.05, 0) is 43.4 Å². The molecule has 4 rings (SSSR count). The third-order valence-electron chi connectivity index (χ3n) is 5.26. The zero-order valence-electron chi connectivity index (χ0n) is 16.8. The molecule has 160 valence electrons. The molecule has 1 aliphatic rings. The lowest BCUT2D eigenvalue weighted by Crippen LogP contribution is -2.22. The van der Waals surface area contributed by atoms with Gasteiger partial charge in [-0.15, -0.1) is 11.3 Å². The fraction of sp³-hybridized carbons (Fsp3) is 0.364. The number of fused-ring (bicyclic) bond motifs is 2. The fourth-order valence-corrected chi connectivity index (χ4v) is 5.01. The monoisotopic (exact) mass is 439 g/mol. The third-order valence-corrected chi connectivity index (χ3v) is 6.47. The number of benzene rings is 1. The van der Waals surface area contributed by atoms with Crippen molar-refractivity contribution in [3.05, 3.63) is 50.8 Å². The summed E-state index contributed by atoms with van der Waals surface area (Å²) in [6.45, 7) is -0.361. The van der Waals surface area contributed by atoms with Gasteiger partial charge in [-0.2, -0.15) is 5.26 Å². The van der Waals surface area contributed by atoms with Crippen molar-refractivity contribution < 1.29 is 18.7 Å². The van der Waals surface area contributed by atoms with Crippen molar-refractivity contribution in [3.8, 4) is 6.07 Å². The molecule has 2 heterocycles. The minimum Gasteiger partial charge on any atom is -0.456 e. The van der Waals surface area contributed by atoms with E-state index in [-0.39, 0.29) is 13.0 Å². The second-order valence-corrected chi connectivity index (χ2v) is 8.43. The van der Waals surface area contributed by atoms with Crippen LogP contribution in [0.2, 0.25) is 0 Å². The number of carbonyl (C=O) groups is 2. The van der Waals surface area contributed by atoms with E-state index < -0.39 is 24.2 Å². The van der Waals surface area contributed by atoms with Crippen LogP contribution >= 0.6 is 11.3 Å². The molecule has 0 atom stereocenters. The average molecular weight is 439 g/mol. The number of esters is 1. The number of nitrogens with zero attached hydrogens (tertiary/aromatic N) is 2. The molecule has 1 aromatic carbocycles. The predicted molar refractivity (Wildman–Crippen MR) is 115 cm³/mol. The van der Waals surface area contributed by atoms with Gasteiger partial charge in [0.1, 0.15) is 11.1 Å². The maximum Gasteiger partial charge on any atom is 0.419 e. The molecule has 9 heteroatoms. The molecule has 0 aliphatic heterocycles. The molecule has 1 amide bonds. The van der Waals surface area contributed by atoms with E-state index in [1.54, 1.807) is 24.3 Å². The van der Waals surface area contributed by atoms with Gasteiger partial charge in [0.2, 0.25) is 0 Å². The normalized spacial score (nSPS) is 13.3. The highest BCUT2D eigenvalue weighted by atomic mass is 32.1. The molecule has 0 saturated carbocycles. The number of anilines is 1. The van der Waals surface area contributed by atoms with Crippen LogP contribution < -0.4 is 11.1 Å². The number of nitriles is 1. The van der Waals surface area contributed by atoms with Gasteiger partial charge in [0.15, 0.2) is 12.2 Å². The van der Waals surface area contributed by atoms with E-state index in [4.69, 9.17) is 9.15 Å². The number of thiophene rings is 1. The van der Waals surface area contributed by atoms with Crippen molar-refractivity contribution in [1.82, 2.24) is 4.57 Å². The number of para-hydroxylation sites is 2. The predicted octanol–water partition coefficient (Wildman–Crippen LogP) is 3.37. The first-order valence-corrected chi connectivity index (χ1v) is 11.0. The summed E-state index contributed by atoms with van der Waals surface area (Å²) in [5, 5.41) is 12.8. The lowest BCUT2D eigenvalue weighted by atomic mass is 10.1. The Bertz CT molecular complexity index is 1230. The summed E-state index contributed by atoms with van der Waals surface area (Å²) in [6.07, 6.45) is 4.96. The van der Waals surface area contributed by atoms with Gasteiger partial charge in [-0.3, -0.25) is 14.2 Å². The highest BCUT2D eigenvalue weighted by Crippen LogP contribution is 2.36. The number of ether oxygens (including phenoxy) is 1. The summed E-state index contributed by atoms with van der Waals surface area (Å²) in [5.41, 5.74) is 2.60. The van der Waals surface area contributed by atoms with Gasteiger partial charge >= 0.3 is 11.7 Å². The maximum absolute atomic E-state index is 12.3. The largest absolute Gasteiger partial charge is 0.456 e. The van der Waals surface area contributed by atoms with Crippen molar-refractivity contribution in [2.24, 2.45) is 0 Å². The zero-order chi connectivity index (χ0) is 21.8. The minimum absolute atomic E-state index is 0.0759. The van der Waals surface area contributed by atoms with Crippen LogP contribution in [0.25, 0.3) is 11.1 Å². The zero-order valence-corrected chi connectivity index (χ0v) is 17.6. The van der Waals surface area contributed by atoms with Crippen LogP contribution in [0.4, 0.5) is 5.00 Å². The Hall–Kier alpha value is -3.38. The van der Waals surface area contributed by atoms with Crippen LogP contribution in [0.5, 0.6) is 0 Å². The number of hydrogen-bond acceptors (Lipinski definition) is 7. The number of amides is 1. The van der Waals surface area contributed by atoms with E-state index in [2.05, 4.69) is 11.4 Å². The molecule has 0 radical (unpaired) electrons. The topological polar surface area (TPSA) is 114 Å². The molecule has 0 spiro atoms. The van der Waals surface area contributed by atoms with E-state index >= 15 is 0 Å². The quantitative estimate of drug-likeness (QED) is 0.465. The van der Waals surface area contributed by atoms with Crippen LogP contribution in [-0.2, 0) is 33.7 Å². The molecule has 0 unspecified atom stereocenters. The number of carbonyl (C=O) groups excluding carboxylic acids is 2. The highest BCUT2D eigenvalue weighted by Gasteiger charge is 2.21. The van der Waals surface area contributed by atoms with Gasteiger partial charge < -0.3 is 14.5 Å². The molecular formula is C22H21N3O5S. The number of aromatic nitrogens is 1. The number of oxazole rings is 1. The summed E-state index contributed by atoms with van der Waals surface area (Å²) in [7, 11) is 0. The molecule has 0 fully saturated rings. The standard InChI is InChI=1S/C22H21N3O5S/c23-12-15-14-6-2-1-3-9-18(14)31-21(15)24-19(26)13-29-20(27)10-11-25-16-7-4-5-8-17(16)30-22(25)28/h4-5,7-8H,1-3,6,9-11,13H2,(H,24,26). The number of nitrogens with one attached hydrogen (secondary N) is 1. The molecule has 31 heavy (non-hydrogen) atoms. The molecule has 8 nitrogen and oxygen atoms in total. The summed E-state index contributed by atoms with van der Waals surface area (Å²) in [6, 6.07) is 9.14. The fourth-order valence-electron chi connectivity index (χ4n) is 3.76. The van der Waals surface area contributed by atoms with E-state index in [0.29, 0.717) is 21.7 Å². The number of hydrogen-bond donors (Lipinski definition) is 1. The van der Waals surface area contributed by atoms with Gasteiger partial charge in [0.25, 0.3) is 5.91 Å². The third kappa shape index (κ3) is 4.54. The van der Waals surface area contributed by atoms with Crippen molar-refractivity contribution in [2.45, 2.75) is 45.1 Å². The van der Waals surface area contributed by atoms with E-state index in [0.717, 1.165) is 42.5 Å². The lowest BCUT2D eigenvalue weighted by molar-refractivity contribution is -0.147. The van der Waals surface area contributed by atoms with Gasteiger partial charge in [-0.25, -0.2) is 4.79 Å². The Kier molecular flexibility index (Phi) is 6.18. The van der Waals surface area contributed by atoms with Crippen LogP contribution in [0.15, 0.2) is 33.5 Å². The summed E-state index contributed by atoms with van der Waals surface area (Å²) >= 11 is 1.43. The average Bonchev–Trinajstić information content (AvgIpc) is 3.15. The SMILES string of the molecule is N#Cc1c(NC(=O)COC(=O)CCn2c(=O)oc3ccccc32)sc2c1CCCCC2. The van der Waals surface area contributed by atoms with E-state index in [9.17, 15) is 19.6 Å². The Balaban J connectivity index is 1.32.